The predicted octanol–water partition coefficient (Wildman–Crippen LogP) is 1.72. The van der Waals surface area contributed by atoms with Gasteiger partial charge in [0.2, 0.25) is 0 Å². The fourth-order valence-electron chi connectivity index (χ4n) is 1.56. The van der Waals surface area contributed by atoms with E-state index in [2.05, 4.69) is 4.99 Å². The van der Waals surface area contributed by atoms with E-state index in [1.54, 1.807) is 0 Å². The molecule has 0 aromatic rings. The van der Waals surface area contributed by atoms with E-state index in [4.69, 9.17) is 5.11 Å². The lowest BCUT2D eigenvalue weighted by Crippen LogP contribution is -2.08. The van der Waals surface area contributed by atoms with Crippen LogP contribution in [0, 0.1) is 5.92 Å². The number of nitrogens with zero attached hydrogens (tertiary/aromatic N) is 1. The van der Waals surface area contributed by atoms with Crippen LogP contribution in [0.3, 0.4) is 0 Å². The number of aliphatic carboxylic acids is 1. The summed E-state index contributed by atoms with van der Waals surface area (Å²) in [5.41, 5.74) is 0. The Kier molecular flexibility index (Phi) is 3.77. The molecule has 3 nitrogen and oxygen atoms in total. The van der Waals surface area contributed by atoms with Crippen molar-refractivity contribution in [2.24, 2.45) is 10.9 Å². The van der Waals surface area contributed by atoms with Gasteiger partial charge in [-0.05, 0) is 18.8 Å². The maximum atomic E-state index is 10.1. The minimum atomic E-state index is -0.845. The summed E-state index contributed by atoms with van der Waals surface area (Å²) in [6.07, 6.45) is 8.05. The monoisotopic (exact) mass is 169 g/mol. The summed E-state index contributed by atoms with van der Waals surface area (Å²) in [5, 5.41) is 8.33. The molecular formula is C9H15NO2. The van der Waals surface area contributed by atoms with Gasteiger partial charge in [0.05, 0.1) is 0 Å². The van der Waals surface area contributed by atoms with Gasteiger partial charge in [-0.1, -0.05) is 19.3 Å². The highest BCUT2D eigenvalue weighted by atomic mass is 16.4. The van der Waals surface area contributed by atoms with Crippen molar-refractivity contribution < 1.29 is 9.90 Å². The van der Waals surface area contributed by atoms with Crippen molar-refractivity contribution >= 4 is 12.2 Å². The summed E-state index contributed by atoms with van der Waals surface area (Å²) in [4.78, 5) is 14.0. The molecule has 0 spiro atoms. The van der Waals surface area contributed by atoms with Crippen LogP contribution in [0.15, 0.2) is 4.99 Å². The van der Waals surface area contributed by atoms with Crippen molar-refractivity contribution in [3.8, 4) is 0 Å². The van der Waals surface area contributed by atoms with Gasteiger partial charge in [-0.25, -0.2) is 0 Å². The molecule has 0 aromatic heterocycles. The Morgan fingerprint density at radius 2 is 2.08 bits per heavy atom. The Morgan fingerprint density at radius 1 is 1.42 bits per heavy atom. The molecule has 0 aromatic carbocycles. The third kappa shape index (κ3) is 3.51. The standard InChI is InChI=1S/C9H15NO2/c11-9(12)7-10-6-8-4-2-1-3-5-8/h6,8H,1-5,7H2,(H,11,12)/b10-6+. The van der Waals surface area contributed by atoms with Gasteiger partial charge in [-0.2, -0.15) is 0 Å². The average molecular weight is 169 g/mol. The summed E-state index contributed by atoms with van der Waals surface area (Å²) in [6, 6.07) is 0. The zero-order chi connectivity index (χ0) is 8.81. The molecule has 0 saturated heterocycles. The zero-order valence-electron chi connectivity index (χ0n) is 7.20. The molecule has 1 aliphatic carbocycles. The molecule has 1 rings (SSSR count). The van der Waals surface area contributed by atoms with Crippen molar-refractivity contribution in [2.45, 2.75) is 32.1 Å². The van der Waals surface area contributed by atoms with Crippen LogP contribution < -0.4 is 0 Å². The fourth-order valence-corrected chi connectivity index (χ4v) is 1.56. The summed E-state index contributed by atoms with van der Waals surface area (Å²) >= 11 is 0. The molecule has 68 valence electrons. The van der Waals surface area contributed by atoms with E-state index in [1.165, 1.54) is 32.1 Å². The van der Waals surface area contributed by atoms with Crippen LogP contribution in [0.5, 0.6) is 0 Å². The van der Waals surface area contributed by atoms with Gasteiger partial charge in [0.15, 0.2) is 0 Å². The third-order valence-electron chi connectivity index (χ3n) is 2.19. The Morgan fingerprint density at radius 3 is 2.67 bits per heavy atom. The Hall–Kier alpha value is -0.860. The van der Waals surface area contributed by atoms with E-state index < -0.39 is 5.97 Å². The van der Waals surface area contributed by atoms with Gasteiger partial charge < -0.3 is 5.11 Å². The molecule has 3 heteroatoms. The molecule has 0 aliphatic heterocycles. The van der Waals surface area contributed by atoms with Crippen molar-refractivity contribution in [2.75, 3.05) is 6.54 Å². The van der Waals surface area contributed by atoms with Crippen LogP contribution in [0.2, 0.25) is 0 Å². The normalized spacial score (nSPS) is 20.0. The molecule has 0 bridgehead atoms. The van der Waals surface area contributed by atoms with Gasteiger partial charge in [0.25, 0.3) is 0 Å². The quantitative estimate of drug-likeness (QED) is 0.654. The van der Waals surface area contributed by atoms with E-state index in [0.717, 1.165) is 0 Å². The van der Waals surface area contributed by atoms with E-state index in [0.29, 0.717) is 5.92 Å². The molecule has 1 fully saturated rings. The minimum absolute atomic E-state index is 0.0729. The highest BCUT2D eigenvalue weighted by molar-refractivity contribution is 5.72. The van der Waals surface area contributed by atoms with Crippen LogP contribution >= 0.6 is 0 Å². The van der Waals surface area contributed by atoms with Gasteiger partial charge in [0, 0.05) is 6.21 Å². The Bertz CT molecular complexity index is 171. The Balaban J connectivity index is 2.19. The fraction of sp³-hybridized carbons (Fsp3) is 0.778. The van der Waals surface area contributed by atoms with Crippen molar-refractivity contribution in [1.82, 2.24) is 0 Å². The molecule has 0 heterocycles. The number of hydrogen-bond donors (Lipinski definition) is 1. The van der Waals surface area contributed by atoms with Crippen LogP contribution in [0.4, 0.5) is 0 Å². The second kappa shape index (κ2) is 4.91. The Labute approximate surface area is 72.5 Å². The number of rotatable bonds is 3. The first-order valence-electron chi connectivity index (χ1n) is 4.51. The average Bonchev–Trinajstić information content (AvgIpc) is 2.05. The van der Waals surface area contributed by atoms with Gasteiger partial charge in [-0.3, -0.25) is 9.79 Å². The lowest BCUT2D eigenvalue weighted by molar-refractivity contribution is -0.135. The van der Waals surface area contributed by atoms with Gasteiger partial charge >= 0.3 is 5.97 Å². The summed E-state index contributed by atoms with van der Waals surface area (Å²) in [7, 11) is 0. The lowest BCUT2D eigenvalue weighted by atomic mass is 9.90. The topological polar surface area (TPSA) is 49.7 Å². The highest BCUT2D eigenvalue weighted by Gasteiger charge is 2.10. The molecule has 0 unspecified atom stereocenters. The molecule has 0 radical (unpaired) electrons. The molecule has 1 saturated carbocycles. The lowest BCUT2D eigenvalue weighted by Gasteiger charge is -2.16. The van der Waals surface area contributed by atoms with Gasteiger partial charge in [-0.15, -0.1) is 0 Å². The van der Waals surface area contributed by atoms with Crippen LogP contribution in [-0.4, -0.2) is 23.8 Å². The number of carboxylic acid groups (broad SMARTS) is 1. The summed E-state index contributed by atoms with van der Waals surface area (Å²) in [5.74, 6) is -0.305. The SMILES string of the molecule is O=C(O)C/N=C/C1CCCCC1. The number of carbonyl (C=O) groups is 1. The third-order valence-corrected chi connectivity index (χ3v) is 2.19. The zero-order valence-corrected chi connectivity index (χ0v) is 7.20. The van der Waals surface area contributed by atoms with Crippen molar-refractivity contribution in [3.63, 3.8) is 0 Å². The highest BCUT2D eigenvalue weighted by Crippen LogP contribution is 2.21. The molecule has 0 atom stereocenters. The maximum absolute atomic E-state index is 10.1. The van der Waals surface area contributed by atoms with E-state index >= 15 is 0 Å². The van der Waals surface area contributed by atoms with Crippen LogP contribution in [0.1, 0.15) is 32.1 Å². The molecule has 1 aliphatic rings. The summed E-state index contributed by atoms with van der Waals surface area (Å²) < 4.78 is 0. The first kappa shape index (κ1) is 9.23. The molecule has 1 N–H and O–H groups in total. The smallest absolute Gasteiger partial charge is 0.325 e. The van der Waals surface area contributed by atoms with Gasteiger partial charge in [0.1, 0.15) is 6.54 Å². The number of hydrogen-bond acceptors (Lipinski definition) is 2. The largest absolute Gasteiger partial charge is 0.480 e. The minimum Gasteiger partial charge on any atom is -0.480 e. The van der Waals surface area contributed by atoms with Crippen molar-refractivity contribution in [1.29, 1.82) is 0 Å². The second-order valence-corrected chi connectivity index (χ2v) is 3.28. The molecule has 12 heavy (non-hydrogen) atoms. The first-order valence-corrected chi connectivity index (χ1v) is 4.51. The number of aliphatic imine (C=N–C) groups is 1. The van der Waals surface area contributed by atoms with Crippen LogP contribution in [-0.2, 0) is 4.79 Å². The predicted molar refractivity (Wildman–Crippen MR) is 47.6 cm³/mol. The van der Waals surface area contributed by atoms with Crippen molar-refractivity contribution in [3.05, 3.63) is 0 Å². The van der Waals surface area contributed by atoms with Crippen LogP contribution in [0.25, 0.3) is 0 Å². The van der Waals surface area contributed by atoms with E-state index in [1.807, 2.05) is 6.21 Å². The molecular weight excluding hydrogens is 154 g/mol. The maximum Gasteiger partial charge on any atom is 0.325 e. The van der Waals surface area contributed by atoms with E-state index in [9.17, 15) is 4.79 Å². The van der Waals surface area contributed by atoms with E-state index in [-0.39, 0.29) is 6.54 Å². The first-order chi connectivity index (χ1) is 5.79. The molecule has 0 amide bonds. The second-order valence-electron chi connectivity index (χ2n) is 3.28. The number of carboxylic acids is 1. The summed E-state index contributed by atoms with van der Waals surface area (Å²) in [6.45, 7) is -0.0729.